The van der Waals surface area contributed by atoms with E-state index in [0.717, 1.165) is 44.1 Å². The van der Waals surface area contributed by atoms with Gasteiger partial charge in [-0.15, -0.1) is 0 Å². The van der Waals surface area contributed by atoms with Crippen molar-refractivity contribution in [2.24, 2.45) is 0 Å². The maximum Gasteiger partial charge on any atom is 0.117 e. The fourth-order valence-electron chi connectivity index (χ4n) is 1.73. The minimum Gasteiger partial charge on any atom is -0.465 e. The van der Waals surface area contributed by atoms with E-state index >= 15 is 0 Å². The van der Waals surface area contributed by atoms with Gasteiger partial charge in [0.1, 0.15) is 11.5 Å². The Morgan fingerprint density at radius 3 is 2.79 bits per heavy atom. The summed E-state index contributed by atoms with van der Waals surface area (Å²) in [6, 6.07) is 4.62. The molecule has 78 valence electrons. The summed E-state index contributed by atoms with van der Waals surface area (Å²) in [7, 11) is 0. The van der Waals surface area contributed by atoms with E-state index in [4.69, 9.17) is 9.15 Å². The molecule has 1 aromatic rings. The van der Waals surface area contributed by atoms with Crippen molar-refractivity contribution in [2.45, 2.75) is 32.4 Å². The van der Waals surface area contributed by atoms with Crippen molar-refractivity contribution in [3.8, 4) is 0 Å². The van der Waals surface area contributed by atoms with Crippen molar-refractivity contribution in [1.82, 2.24) is 5.32 Å². The molecule has 14 heavy (non-hydrogen) atoms. The number of hydrogen-bond acceptors (Lipinski definition) is 3. The average molecular weight is 195 g/mol. The van der Waals surface area contributed by atoms with Gasteiger partial charge in [0.15, 0.2) is 0 Å². The van der Waals surface area contributed by atoms with E-state index in [1.165, 1.54) is 0 Å². The molecular weight excluding hydrogens is 178 g/mol. The van der Waals surface area contributed by atoms with Crippen LogP contribution in [0.5, 0.6) is 0 Å². The molecule has 0 aromatic carbocycles. The van der Waals surface area contributed by atoms with Gasteiger partial charge >= 0.3 is 0 Å². The highest BCUT2D eigenvalue weighted by molar-refractivity contribution is 5.05. The van der Waals surface area contributed by atoms with Gasteiger partial charge in [-0.1, -0.05) is 0 Å². The molecule has 0 radical (unpaired) electrons. The zero-order chi connectivity index (χ0) is 9.80. The largest absolute Gasteiger partial charge is 0.465 e. The number of rotatable bonds is 3. The first-order chi connectivity index (χ1) is 6.84. The van der Waals surface area contributed by atoms with Gasteiger partial charge in [-0.2, -0.15) is 0 Å². The van der Waals surface area contributed by atoms with Crippen molar-refractivity contribution in [1.29, 1.82) is 0 Å². The molecule has 0 unspecified atom stereocenters. The van der Waals surface area contributed by atoms with Gasteiger partial charge in [0.2, 0.25) is 0 Å². The van der Waals surface area contributed by atoms with Crippen molar-refractivity contribution < 1.29 is 9.15 Å². The minimum absolute atomic E-state index is 0.592. The number of ether oxygens (including phenoxy) is 1. The van der Waals surface area contributed by atoms with Crippen LogP contribution >= 0.6 is 0 Å². The molecule has 1 aliphatic rings. The van der Waals surface area contributed by atoms with Gasteiger partial charge in [-0.3, -0.25) is 0 Å². The van der Waals surface area contributed by atoms with Crippen LogP contribution in [0.3, 0.4) is 0 Å². The third-order valence-corrected chi connectivity index (χ3v) is 2.58. The topological polar surface area (TPSA) is 34.4 Å². The third-order valence-electron chi connectivity index (χ3n) is 2.58. The molecular formula is C11H17NO2. The quantitative estimate of drug-likeness (QED) is 0.799. The Morgan fingerprint density at radius 2 is 2.14 bits per heavy atom. The standard InChI is InChI=1S/C11H17NO2/c1-9-2-3-11(14-9)8-12-10-4-6-13-7-5-10/h2-3,10,12H,4-8H2,1H3. The second-order valence-electron chi connectivity index (χ2n) is 3.78. The Balaban J connectivity index is 1.76. The van der Waals surface area contributed by atoms with E-state index in [0.29, 0.717) is 6.04 Å². The summed E-state index contributed by atoms with van der Waals surface area (Å²) < 4.78 is 10.8. The molecule has 2 heterocycles. The third kappa shape index (κ3) is 2.59. The molecule has 1 saturated heterocycles. The molecule has 0 aliphatic carbocycles. The second-order valence-corrected chi connectivity index (χ2v) is 3.78. The van der Waals surface area contributed by atoms with Crippen LogP contribution in [0.1, 0.15) is 24.4 Å². The lowest BCUT2D eigenvalue weighted by atomic mass is 10.1. The molecule has 0 amide bonds. The predicted molar refractivity (Wildman–Crippen MR) is 54.1 cm³/mol. The molecule has 3 heteroatoms. The zero-order valence-electron chi connectivity index (χ0n) is 8.58. The number of aryl methyl sites for hydroxylation is 1. The van der Waals surface area contributed by atoms with E-state index < -0.39 is 0 Å². The lowest BCUT2D eigenvalue weighted by Gasteiger charge is -2.22. The Morgan fingerprint density at radius 1 is 1.36 bits per heavy atom. The van der Waals surface area contributed by atoms with E-state index in [9.17, 15) is 0 Å². The Labute approximate surface area is 84.4 Å². The van der Waals surface area contributed by atoms with Crippen LogP contribution in [0.15, 0.2) is 16.5 Å². The van der Waals surface area contributed by atoms with E-state index in [-0.39, 0.29) is 0 Å². The molecule has 3 nitrogen and oxygen atoms in total. The highest BCUT2D eigenvalue weighted by atomic mass is 16.5. The molecule has 0 saturated carbocycles. The molecule has 1 aliphatic heterocycles. The van der Waals surface area contributed by atoms with Crippen molar-refractivity contribution in [3.63, 3.8) is 0 Å². The second kappa shape index (κ2) is 4.62. The smallest absolute Gasteiger partial charge is 0.117 e. The van der Waals surface area contributed by atoms with Crippen molar-refractivity contribution >= 4 is 0 Å². The van der Waals surface area contributed by atoms with Gasteiger partial charge in [-0.25, -0.2) is 0 Å². The van der Waals surface area contributed by atoms with Crippen LogP contribution in [-0.4, -0.2) is 19.3 Å². The van der Waals surface area contributed by atoms with E-state index in [1.807, 2.05) is 19.1 Å². The first-order valence-corrected chi connectivity index (χ1v) is 5.21. The lowest BCUT2D eigenvalue weighted by molar-refractivity contribution is 0.0771. The summed E-state index contributed by atoms with van der Waals surface area (Å²) in [5.41, 5.74) is 0. The van der Waals surface area contributed by atoms with Crippen LogP contribution in [0.25, 0.3) is 0 Å². The molecule has 0 spiro atoms. The molecule has 2 rings (SSSR count). The normalized spacial score (nSPS) is 18.6. The number of nitrogens with one attached hydrogen (secondary N) is 1. The summed E-state index contributed by atoms with van der Waals surface area (Å²) in [5.74, 6) is 2.00. The van der Waals surface area contributed by atoms with Crippen molar-refractivity contribution in [3.05, 3.63) is 23.7 Å². The summed E-state index contributed by atoms with van der Waals surface area (Å²) >= 11 is 0. The average Bonchev–Trinajstić information content (AvgIpc) is 2.63. The highest BCUT2D eigenvalue weighted by Crippen LogP contribution is 2.09. The highest BCUT2D eigenvalue weighted by Gasteiger charge is 2.13. The summed E-state index contributed by atoms with van der Waals surface area (Å²) in [4.78, 5) is 0. The Kier molecular flexibility index (Phi) is 3.22. The fourth-order valence-corrected chi connectivity index (χ4v) is 1.73. The lowest BCUT2D eigenvalue weighted by Crippen LogP contribution is -2.34. The molecule has 1 N–H and O–H groups in total. The molecule has 0 bridgehead atoms. The van der Waals surface area contributed by atoms with Crippen molar-refractivity contribution in [2.75, 3.05) is 13.2 Å². The van der Waals surface area contributed by atoms with Crippen LogP contribution in [0.4, 0.5) is 0 Å². The van der Waals surface area contributed by atoms with Gasteiger partial charge in [-0.05, 0) is 31.9 Å². The molecule has 0 atom stereocenters. The Bertz CT molecular complexity index is 277. The van der Waals surface area contributed by atoms with E-state index in [1.54, 1.807) is 0 Å². The fraction of sp³-hybridized carbons (Fsp3) is 0.636. The van der Waals surface area contributed by atoms with Gasteiger partial charge in [0.05, 0.1) is 6.54 Å². The number of hydrogen-bond donors (Lipinski definition) is 1. The predicted octanol–water partition coefficient (Wildman–Crippen LogP) is 1.86. The van der Waals surface area contributed by atoms with E-state index in [2.05, 4.69) is 5.32 Å². The SMILES string of the molecule is Cc1ccc(CNC2CCOCC2)o1. The van der Waals surface area contributed by atoms with Gasteiger partial charge in [0, 0.05) is 19.3 Å². The first kappa shape index (κ1) is 9.74. The number of furan rings is 1. The maximum atomic E-state index is 5.48. The molecule has 1 aromatic heterocycles. The zero-order valence-corrected chi connectivity index (χ0v) is 8.58. The summed E-state index contributed by atoms with van der Waals surface area (Å²) in [6.45, 7) is 4.57. The monoisotopic (exact) mass is 195 g/mol. The van der Waals surface area contributed by atoms with Gasteiger partial charge < -0.3 is 14.5 Å². The minimum atomic E-state index is 0.592. The maximum absolute atomic E-state index is 5.48. The van der Waals surface area contributed by atoms with Crippen LogP contribution in [-0.2, 0) is 11.3 Å². The first-order valence-electron chi connectivity index (χ1n) is 5.21. The Hall–Kier alpha value is -0.800. The molecule has 1 fully saturated rings. The van der Waals surface area contributed by atoms with Crippen LogP contribution in [0, 0.1) is 6.92 Å². The summed E-state index contributed by atoms with van der Waals surface area (Å²) in [5, 5.41) is 3.48. The van der Waals surface area contributed by atoms with Gasteiger partial charge in [0.25, 0.3) is 0 Å². The van der Waals surface area contributed by atoms with Crippen LogP contribution < -0.4 is 5.32 Å². The summed E-state index contributed by atoms with van der Waals surface area (Å²) in [6.07, 6.45) is 2.22. The van der Waals surface area contributed by atoms with Crippen LogP contribution in [0.2, 0.25) is 0 Å².